The van der Waals surface area contributed by atoms with Gasteiger partial charge in [0, 0.05) is 47.2 Å². The summed E-state index contributed by atoms with van der Waals surface area (Å²) in [4.78, 5) is 9.21. The quantitative estimate of drug-likeness (QED) is 0.594. The number of fused-ring (bicyclic) bond motifs is 2. The molecule has 2 heterocycles. The van der Waals surface area contributed by atoms with E-state index in [0.717, 1.165) is 47.5 Å². The summed E-state index contributed by atoms with van der Waals surface area (Å²) in [6.45, 7) is 1.44. The molecule has 3 aromatic rings. The Balaban J connectivity index is 1.47. The lowest BCUT2D eigenvalue weighted by molar-refractivity contribution is 0.284. The normalized spacial score (nSPS) is 15.1. The molecular weight excluding hydrogens is 378 g/mol. The van der Waals surface area contributed by atoms with Crippen LogP contribution in [0.5, 0.6) is 17.4 Å². The first-order valence-corrected chi connectivity index (χ1v) is 10.6. The summed E-state index contributed by atoms with van der Waals surface area (Å²) >= 11 is 0. The van der Waals surface area contributed by atoms with Crippen LogP contribution in [0.3, 0.4) is 0 Å². The molecule has 2 aliphatic rings. The van der Waals surface area contributed by atoms with Crippen LogP contribution in [-0.2, 0) is 19.4 Å². The predicted molar refractivity (Wildman–Crippen MR) is 117 cm³/mol. The maximum absolute atomic E-state index is 6.10. The molecule has 0 unspecified atom stereocenters. The lowest BCUT2D eigenvalue weighted by atomic mass is 10.1. The van der Waals surface area contributed by atoms with Gasteiger partial charge in [-0.15, -0.1) is 0 Å². The fraction of sp³-hybridized carbons (Fsp3) is 0.417. The van der Waals surface area contributed by atoms with E-state index < -0.39 is 0 Å². The van der Waals surface area contributed by atoms with Crippen LogP contribution in [0, 0.1) is 5.92 Å². The second-order valence-corrected chi connectivity index (χ2v) is 8.11. The number of nitrogens with zero attached hydrogens (tertiary/aromatic N) is 2. The third-order valence-electron chi connectivity index (χ3n) is 5.96. The number of aryl methyl sites for hydroxylation is 1. The minimum absolute atomic E-state index is 0.399. The molecule has 0 amide bonds. The van der Waals surface area contributed by atoms with Gasteiger partial charge in [-0.3, -0.25) is 4.98 Å². The summed E-state index contributed by atoms with van der Waals surface area (Å²) in [5.74, 6) is 2.82. The van der Waals surface area contributed by atoms with Crippen molar-refractivity contribution in [3.05, 3.63) is 47.3 Å². The number of ether oxygens (including phenoxy) is 3. The second-order valence-electron chi connectivity index (χ2n) is 8.11. The van der Waals surface area contributed by atoms with E-state index in [1.165, 1.54) is 36.2 Å². The molecule has 30 heavy (non-hydrogen) atoms. The Kier molecular flexibility index (Phi) is 5.07. The molecule has 2 aliphatic carbocycles. The molecule has 156 valence electrons. The maximum Gasteiger partial charge on any atom is 0.212 e. The van der Waals surface area contributed by atoms with Gasteiger partial charge in [-0.2, -0.15) is 0 Å². The van der Waals surface area contributed by atoms with Gasteiger partial charge in [0.05, 0.1) is 19.7 Å². The molecule has 0 radical (unpaired) electrons. The highest BCUT2D eigenvalue weighted by atomic mass is 16.5. The van der Waals surface area contributed by atoms with Crippen LogP contribution in [0.4, 0.5) is 5.69 Å². The van der Waals surface area contributed by atoms with Crippen molar-refractivity contribution in [2.75, 3.05) is 26.1 Å². The Morgan fingerprint density at radius 1 is 1.07 bits per heavy atom. The smallest absolute Gasteiger partial charge is 0.212 e. The standard InChI is InChI=1S/C24H27N3O3/c1-28-21-10-18-20(11-22(21)30-14-16-8-9-23(29-2)25-13-16)27-19-5-3-4-17(19)24(18)26-12-15-6-7-15/h8-11,13,15H,3-7,12,14H2,1-2H3,(H,26,27). The van der Waals surface area contributed by atoms with Crippen LogP contribution in [0.2, 0.25) is 0 Å². The molecule has 6 nitrogen and oxygen atoms in total. The third-order valence-corrected chi connectivity index (χ3v) is 5.96. The van der Waals surface area contributed by atoms with Crippen molar-refractivity contribution in [3.63, 3.8) is 0 Å². The second kappa shape index (κ2) is 8.01. The Morgan fingerprint density at radius 3 is 2.70 bits per heavy atom. The third kappa shape index (κ3) is 3.74. The van der Waals surface area contributed by atoms with Gasteiger partial charge >= 0.3 is 0 Å². The Morgan fingerprint density at radius 2 is 1.97 bits per heavy atom. The van der Waals surface area contributed by atoms with Crippen LogP contribution < -0.4 is 19.5 Å². The molecule has 0 bridgehead atoms. The molecule has 1 aromatic carbocycles. The maximum atomic E-state index is 6.10. The minimum atomic E-state index is 0.399. The first-order chi connectivity index (χ1) is 14.7. The van der Waals surface area contributed by atoms with Gasteiger partial charge in [0.25, 0.3) is 0 Å². The molecule has 0 spiro atoms. The van der Waals surface area contributed by atoms with E-state index in [9.17, 15) is 0 Å². The number of methoxy groups -OCH3 is 2. The number of benzene rings is 1. The molecule has 0 aliphatic heterocycles. The molecule has 1 saturated carbocycles. The van der Waals surface area contributed by atoms with Crippen molar-refractivity contribution in [1.82, 2.24) is 9.97 Å². The molecule has 1 N–H and O–H groups in total. The van der Waals surface area contributed by atoms with Crippen molar-refractivity contribution in [2.45, 2.75) is 38.7 Å². The van der Waals surface area contributed by atoms with Crippen LogP contribution in [0.25, 0.3) is 10.9 Å². The van der Waals surface area contributed by atoms with Gasteiger partial charge in [-0.05, 0) is 55.7 Å². The number of pyridine rings is 2. The number of hydrogen-bond donors (Lipinski definition) is 1. The Hall–Kier alpha value is -3.02. The zero-order valence-electron chi connectivity index (χ0n) is 17.5. The molecule has 0 atom stereocenters. The Labute approximate surface area is 176 Å². The van der Waals surface area contributed by atoms with Crippen LogP contribution >= 0.6 is 0 Å². The zero-order valence-corrected chi connectivity index (χ0v) is 17.5. The number of anilines is 1. The van der Waals surface area contributed by atoms with Crippen molar-refractivity contribution >= 4 is 16.6 Å². The monoisotopic (exact) mass is 405 g/mol. The minimum Gasteiger partial charge on any atom is -0.493 e. The Bertz CT molecular complexity index is 1060. The van der Waals surface area contributed by atoms with E-state index >= 15 is 0 Å². The van der Waals surface area contributed by atoms with E-state index in [1.54, 1.807) is 20.4 Å². The van der Waals surface area contributed by atoms with E-state index in [0.29, 0.717) is 18.2 Å². The molecule has 6 heteroatoms. The first-order valence-electron chi connectivity index (χ1n) is 10.6. The van der Waals surface area contributed by atoms with Gasteiger partial charge in [-0.25, -0.2) is 4.98 Å². The van der Waals surface area contributed by atoms with Gasteiger partial charge < -0.3 is 19.5 Å². The summed E-state index contributed by atoms with van der Waals surface area (Å²) in [6, 6.07) is 7.85. The summed E-state index contributed by atoms with van der Waals surface area (Å²) in [5.41, 5.74) is 5.76. The lowest BCUT2D eigenvalue weighted by Crippen LogP contribution is -2.08. The SMILES string of the molecule is COc1ccc(COc2cc3nc4c(c(NCC5CC5)c3cc2OC)CCC4)cn1. The number of aromatic nitrogens is 2. The fourth-order valence-corrected chi connectivity index (χ4v) is 4.09. The van der Waals surface area contributed by atoms with Crippen molar-refractivity contribution in [2.24, 2.45) is 5.92 Å². The van der Waals surface area contributed by atoms with Gasteiger partial charge in [0.1, 0.15) is 6.61 Å². The average molecular weight is 405 g/mol. The lowest BCUT2D eigenvalue weighted by Gasteiger charge is -2.17. The predicted octanol–water partition coefficient (Wildman–Crippen LogP) is 4.54. The topological polar surface area (TPSA) is 65.5 Å². The van der Waals surface area contributed by atoms with Crippen molar-refractivity contribution in [3.8, 4) is 17.4 Å². The number of rotatable bonds is 8. The van der Waals surface area contributed by atoms with E-state index in [2.05, 4.69) is 16.4 Å². The van der Waals surface area contributed by atoms with Crippen molar-refractivity contribution in [1.29, 1.82) is 0 Å². The van der Waals surface area contributed by atoms with E-state index in [1.807, 2.05) is 18.2 Å². The highest BCUT2D eigenvalue weighted by Gasteiger charge is 2.25. The largest absolute Gasteiger partial charge is 0.493 e. The molecule has 5 rings (SSSR count). The summed E-state index contributed by atoms with van der Waals surface area (Å²) in [6.07, 6.45) is 7.73. The van der Waals surface area contributed by atoms with Crippen LogP contribution in [0.1, 0.15) is 36.1 Å². The van der Waals surface area contributed by atoms with Crippen molar-refractivity contribution < 1.29 is 14.2 Å². The van der Waals surface area contributed by atoms with Gasteiger partial charge in [0.15, 0.2) is 11.5 Å². The molecular formula is C24H27N3O3. The first kappa shape index (κ1) is 19.0. The highest BCUT2D eigenvalue weighted by molar-refractivity contribution is 5.96. The zero-order chi connectivity index (χ0) is 20.5. The van der Waals surface area contributed by atoms with Crippen LogP contribution in [0.15, 0.2) is 30.5 Å². The highest BCUT2D eigenvalue weighted by Crippen LogP contribution is 2.40. The molecule has 2 aromatic heterocycles. The van der Waals surface area contributed by atoms with Gasteiger partial charge in [-0.1, -0.05) is 0 Å². The van der Waals surface area contributed by atoms with E-state index in [4.69, 9.17) is 19.2 Å². The van der Waals surface area contributed by atoms with Gasteiger partial charge in [0.2, 0.25) is 5.88 Å². The fourth-order valence-electron chi connectivity index (χ4n) is 4.09. The number of hydrogen-bond acceptors (Lipinski definition) is 6. The van der Waals surface area contributed by atoms with Crippen LogP contribution in [-0.4, -0.2) is 30.7 Å². The number of nitrogens with one attached hydrogen (secondary N) is 1. The molecule has 1 fully saturated rings. The summed E-state index contributed by atoms with van der Waals surface area (Å²) in [7, 11) is 3.29. The summed E-state index contributed by atoms with van der Waals surface area (Å²) in [5, 5.41) is 4.85. The van der Waals surface area contributed by atoms with E-state index in [-0.39, 0.29) is 0 Å². The average Bonchev–Trinajstić information content (AvgIpc) is 3.50. The molecule has 0 saturated heterocycles. The summed E-state index contributed by atoms with van der Waals surface area (Å²) < 4.78 is 16.9.